The lowest BCUT2D eigenvalue weighted by molar-refractivity contribution is 0.0998. The minimum atomic E-state index is -0.660. The predicted molar refractivity (Wildman–Crippen MR) is 92.2 cm³/mol. The Labute approximate surface area is 137 Å². The van der Waals surface area contributed by atoms with Gasteiger partial charge in [-0.25, -0.2) is 4.98 Å². The summed E-state index contributed by atoms with van der Waals surface area (Å²) in [5, 5.41) is 13.7. The summed E-state index contributed by atoms with van der Waals surface area (Å²) in [6, 6.07) is 12.7. The minimum Gasteiger partial charge on any atom is -0.507 e. The first kappa shape index (κ1) is 15.1. The average molecular weight is 325 g/mol. The van der Waals surface area contributed by atoms with E-state index < -0.39 is 5.91 Å². The smallest absolute Gasteiger partial charge is 0.252 e. The van der Waals surface area contributed by atoms with Crippen molar-refractivity contribution in [3.63, 3.8) is 0 Å². The van der Waals surface area contributed by atoms with E-state index in [4.69, 9.17) is 5.73 Å². The quantitative estimate of drug-likeness (QED) is 0.683. The number of anilines is 2. The Balaban J connectivity index is 1.89. The number of nitrogens with one attached hydrogen (secondary N) is 1. The zero-order valence-electron chi connectivity index (χ0n) is 12.4. The summed E-state index contributed by atoms with van der Waals surface area (Å²) in [5.41, 5.74) is 8.27. The summed E-state index contributed by atoms with van der Waals surface area (Å²) < 4.78 is 0. The Morgan fingerprint density at radius 1 is 1.26 bits per heavy atom. The highest BCUT2D eigenvalue weighted by molar-refractivity contribution is 7.18. The van der Waals surface area contributed by atoms with Gasteiger partial charge in [-0.05, 0) is 42.3 Å². The van der Waals surface area contributed by atoms with E-state index >= 15 is 0 Å². The van der Waals surface area contributed by atoms with Crippen LogP contribution in [0.3, 0.4) is 0 Å². The molecule has 3 rings (SSSR count). The van der Waals surface area contributed by atoms with Gasteiger partial charge in [0.05, 0.1) is 10.4 Å². The number of hydrogen-bond donors (Lipinski definition) is 3. The molecular weight excluding hydrogens is 310 g/mol. The number of aryl methyl sites for hydroxylation is 1. The third-order valence-corrected chi connectivity index (χ3v) is 4.40. The monoisotopic (exact) mass is 325 g/mol. The lowest BCUT2D eigenvalue weighted by atomic mass is 10.1. The molecule has 23 heavy (non-hydrogen) atoms. The highest BCUT2D eigenvalue weighted by atomic mass is 32.1. The van der Waals surface area contributed by atoms with E-state index in [9.17, 15) is 9.90 Å². The fraction of sp³-hybridized carbons (Fsp3) is 0.0588. The van der Waals surface area contributed by atoms with Crippen LogP contribution in [0.4, 0.5) is 10.8 Å². The number of amides is 1. The van der Waals surface area contributed by atoms with Crippen molar-refractivity contribution in [1.29, 1.82) is 0 Å². The van der Waals surface area contributed by atoms with E-state index in [0.717, 1.165) is 26.8 Å². The number of thiazole rings is 1. The van der Waals surface area contributed by atoms with E-state index in [1.165, 1.54) is 17.4 Å². The number of para-hydroxylation sites is 1. The number of benzene rings is 2. The molecule has 1 amide bonds. The number of rotatable bonds is 4. The van der Waals surface area contributed by atoms with Crippen LogP contribution in [0, 0.1) is 6.92 Å². The maximum Gasteiger partial charge on any atom is 0.252 e. The molecule has 4 N–H and O–H groups in total. The van der Waals surface area contributed by atoms with Crippen LogP contribution in [0.2, 0.25) is 0 Å². The Morgan fingerprint density at radius 2 is 2.04 bits per heavy atom. The van der Waals surface area contributed by atoms with Crippen molar-refractivity contribution in [1.82, 2.24) is 4.98 Å². The Hall–Kier alpha value is -2.86. The van der Waals surface area contributed by atoms with Crippen molar-refractivity contribution in [2.45, 2.75) is 6.92 Å². The third-order valence-electron chi connectivity index (χ3n) is 3.44. The van der Waals surface area contributed by atoms with Crippen LogP contribution in [0.5, 0.6) is 5.75 Å². The van der Waals surface area contributed by atoms with Gasteiger partial charge in [-0.3, -0.25) is 4.79 Å². The summed E-state index contributed by atoms with van der Waals surface area (Å²) in [4.78, 5) is 16.6. The van der Waals surface area contributed by atoms with E-state index in [1.54, 1.807) is 18.3 Å². The van der Waals surface area contributed by atoms with Crippen molar-refractivity contribution in [3.05, 3.63) is 59.8 Å². The zero-order valence-corrected chi connectivity index (χ0v) is 13.2. The van der Waals surface area contributed by atoms with Gasteiger partial charge in [0, 0.05) is 11.9 Å². The molecule has 2 aromatic carbocycles. The first-order valence-corrected chi connectivity index (χ1v) is 7.78. The number of aromatic hydroxyl groups is 1. The molecule has 1 heterocycles. The van der Waals surface area contributed by atoms with Crippen molar-refractivity contribution in [3.8, 4) is 16.2 Å². The molecule has 0 aliphatic heterocycles. The zero-order chi connectivity index (χ0) is 16.4. The fourth-order valence-electron chi connectivity index (χ4n) is 2.18. The van der Waals surface area contributed by atoms with Crippen LogP contribution in [0.1, 0.15) is 15.9 Å². The Kier molecular flexibility index (Phi) is 3.99. The summed E-state index contributed by atoms with van der Waals surface area (Å²) in [5.74, 6) is -0.781. The van der Waals surface area contributed by atoms with E-state index in [1.807, 2.05) is 31.2 Å². The number of carbonyl (C=O) groups is 1. The van der Waals surface area contributed by atoms with Gasteiger partial charge in [0.2, 0.25) is 0 Å². The van der Waals surface area contributed by atoms with Crippen LogP contribution >= 0.6 is 11.3 Å². The normalized spacial score (nSPS) is 10.5. The average Bonchev–Trinajstić information content (AvgIpc) is 2.98. The molecule has 0 saturated carbocycles. The van der Waals surface area contributed by atoms with Gasteiger partial charge >= 0.3 is 0 Å². The van der Waals surface area contributed by atoms with Crippen molar-refractivity contribution < 1.29 is 9.90 Å². The first-order valence-electron chi connectivity index (χ1n) is 6.96. The first-order chi connectivity index (χ1) is 11.0. The highest BCUT2D eigenvalue weighted by Crippen LogP contribution is 2.33. The number of nitrogens with two attached hydrogens (primary N) is 1. The number of phenols is 1. The lowest BCUT2D eigenvalue weighted by Gasteiger charge is -2.05. The fourth-order valence-corrected chi connectivity index (χ4v) is 3.01. The van der Waals surface area contributed by atoms with Crippen LogP contribution in [-0.2, 0) is 0 Å². The van der Waals surface area contributed by atoms with Crippen molar-refractivity contribution >= 4 is 28.1 Å². The molecular formula is C17H15N3O2S. The minimum absolute atomic E-state index is 0.101. The Morgan fingerprint density at radius 3 is 2.78 bits per heavy atom. The number of hydrogen-bond acceptors (Lipinski definition) is 5. The largest absolute Gasteiger partial charge is 0.507 e. The maximum absolute atomic E-state index is 11.3. The molecule has 1 aromatic heterocycles. The second kappa shape index (κ2) is 6.10. The van der Waals surface area contributed by atoms with E-state index in [-0.39, 0.29) is 11.3 Å². The second-order valence-electron chi connectivity index (χ2n) is 5.07. The number of nitrogens with zero attached hydrogens (tertiary/aromatic N) is 1. The highest BCUT2D eigenvalue weighted by Gasteiger charge is 2.11. The summed E-state index contributed by atoms with van der Waals surface area (Å²) in [6.07, 6.45) is 1.72. The van der Waals surface area contributed by atoms with E-state index in [2.05, 4.69) is 10.3 Å². The molecule has 0 aliphatic rings. The van der Waals surface area contributed by atoms with Crippen LogP contribution in [-0.4, -0.2) is 16.0 Å². The van der Waals surface area contributed by atoms with Gasteiger partial charge < -0.3 is 16.2 Å². The molecule has 0 atom stereocenters. The number of carbonyl (C=O) groups excluding carboxylic acids is 1. The van der Waals surface area contributed by atoms with Crippen LogP contribution in [0.15, 0.2) is 48.7 Å². The van der Waals surface area contributed by atoms with Crippen molar-refractivity contribution in [2.24, 2.45) is 5.73 Å². The molecule has 3 aromatic rings. The summed E-state index contributed by atoms with van der Waals surface area (Å²) in [6.45, 7) is 2.02. The molecule has 0 radical (unpaired) electrons. The van der Waals surface area contributed by atoms with Gasteiger partial charge in [0.25, 0.3) is 5.91 Å². The molecule has 0 bridgehead atoms. The number of aromatic nitrogens is 1. The molecule has 6 heteroatoms. The second-order valence-corrected chi connectivity index (χ2v) is 6.10. The number of primary amides is 1. The Bertz CT molecular complexity index is 874. The van der Waals surface area contributed by atoms with E-state index in [0.29, 0.717) is 0 Å². The van der Waals surface area contributed by atoms with Gasteiger partial charge in [-0.15, -0.1) is 0 Å². The molecule has 0 saturated heterocycles. The molecule has 0 spiro atoms. The topological polar surface area (TPSA) is 88.2 Å². The molecule has 0 fully saturated rings. The lowest BCUT2D eigenvalue weighted by Crippen LogP contribution is -2.11. The predicted octanol–water partition coefficient (Wildman–Crippen LogP) is 3.67. The summed E-state index contributed by atoms with van der Waals surface area (Å²) in [7, 11) is 0. The third kappa shape index (κ3) is 3.17. The molecule has 116 valence electrons. The SMILES string of the molecule is Cc1ccccc1Nc1ncc(-c2ccc(O)c(C(N)=O)c2)s1. The van der Waals surface area contributed by atoms with Gasteiger partial charge in [-0.2, -0.15) is 0 Å². The molecule has 0 unspecified atom stereocenters. The molecule has 0 aliphatic carbocycles. The van der Waals surface area contributed by atoms with Gasteiger partial charge in [0.1, 0.15) is 5.75 Å². The van der Waals surface area contributed by atoms with Crippen molar-refractivity contribution in [2.75, 3.05) is 5.32 Å². The van der Waals surface area contributed by atoms with Gasteiger partial charge in [0.15, 0.2) is 5.13 Å². The van der Waals surface area contributed by atoms with Gasteiger partial charge in [-0.1, -0.05) is 29.5 Å². The van der Waals surface area contributed by atoms with Crippen LogP contribution < -0.4 is 11.1 Å². The standard InChI is InChI=1S/C17H15N3O2S/c1-10-4-2-3-5-13(10)20-17-19-9-15(23-17)11-6-7-14(21)12(8-11)16(18)22/h2-9,21H,1H3,(H2,18,22)(H,19,20). The van der Waals surface area contributed by atoms with Crippen LogP contribution in [0.25, 0.3) is 10.4 Å². The molecule has 5 nitrogen and oxygen atoms in total. The maximum atomic E-state index is 11.3. The summed E-state index contributed by atoms with van der Waals surface area (Å²) >= 11 is 1.46.